The van der Waals surface area contributed by atoms with E-state index in [-0.39, 0.29) is 6.10 Å². The van der Waals surface area contributed by atoms with Gasteiger partial charge in [-0.15, -0.1) is 0 Å². The van der Waals surface area contributed by atoms with Gasteiger partial charge in [0.05, 0.1) is 18.4 Å². The van der Waals surface area contributed by atoms with E-state index in [1.165, 1.54) is 0 Å². The van der Waals surface area contributed by atoms with Crippen LogP contribution < -0.4 is 0 Å². The van der Waals surface area contributed by atoms with Gasteiger partial charge in [0.2, 0.25) is 0 Å². The lowest BCUT2D eigenvalue weighted by atomic mass is 10.3. The third-order valence-corrected chi connectivity index (χ3v) is 4.91. The minimum absolute atomic E-state index is 0.114. The number of hydrogen-bond donors (Lipinski definition) is 0. The van der Waals surface area contributed by atoms with Crippen LogP contribution in [0.25, 0.3) is 0 Å². The summed E-state index contributed by atoms with van der Waals surface area (Å²) in [5.74, 6) is 0. The second kappa shape index (κ2) is 4.68. The fraction of sp³-hybridized carbons (Fsp3) is 0.455. The summed E-state index contributed by atoms with van der Waals surface area (Å²) >= 11 is 0. The zero-order valence-corrected chi connectivity index (χ0v) is 10.7. The highest BCUT2D eigenvalue weighted by Crippen LogP contribution is 2.60. The van der Waals surface area contributed by atoms with Crippen molar-refractivity contribution < 1.29 is 9.05 Å². The highest BCUT2D eigenvalue weighted by Gasteiger charge is 2.34. The second-order valence-corrected chi connectivity index (χ2v) is 6.44. The SMILES string of the molecule is C[C@H]1CO[P@@](=Nc2ccccc2)(N(C)C)O1. The first kappa shape index (κ1) is 11.8. The number of hydrogen-bond acceptors (Lipinski definition) is 3. The number of rotatable bonds is 2. The standard InChI is InChI=1S/C11H17N2O2P/c1-10-9-14-16(15-10,13(2)3)12-11-7-5-4-6-8-11/h4-8,10H,9H2,1-3H3/t10-,16+/m0/s1. The monoisotopic (exact) mass is 240 g/mol. The van der Waals surface area contributed by atoms with Crippen LogP contribution in [0.2, 0.25) is 0 Å². The molecule has 1 aliphatic heterocycles. The molecule has 16 heavy (non-hydrogen) atoms. The van der Waals surface area contributed by atoms with Gasteiger partial charge in [-0.05, 0) is 33.2 Å². The lowest BCUT2D eigenvalue weighted by molar-refractivity contribution is 0.257. The summed E-state index contributed by atoms with van der Waals surface area (Å²) in [6.45, 7) is 2.62. The molecule has 0 saturated carbocycles. The summed E-state index contributed by atoms with van der Waals surface area (Å²) in [4.78, 5) is 0. The van der Waals surface area contributed by atoms with Crippen LogP contribution in [0.4, 0.5) is 5.69 Å². The maximum atomic E-state index is 5.86. The predicted octanol–water partition coefficient (Wildman–Crippen LogP) is 3.26. The fourth-order valence-corrected chi connectivity index (χ4v) is 3.61. The van der Waals surface area contributed by atoms with Gasteiger partial charge < -0.3 is 9.05 Å². The van der Waals surface area contributed by atoms with Gasteiger partial charge >= 0.3 is 0 Å². The molecule has 0 N–H and O–H groups in total. The Kier molecular flexibility index (Phi) is 3.45. The summed E-state index contributed by atoms with van der Waals surface area (Å²) in [5, 5.41) is 0. The second-order valence-electron chi connectivity index (χ2n) is 3.99. The molecule has 1 saturated heterocycles. The molecule has 0 amide bonds. The highest BCUT2D eigenvalue weighted by atomic mass is 31.2. The van der Waals surface area contributed by atoms with E-state index in [0.717, 1.165) is 5.69 Å². The summed E-state index contributed by atoms with van der Waals surface area (Å²) in [7, 11) is 1.65. The smallest absolute Gasteiger partial charge is 0.295 e. The van der Waals surface area contributed by atoms with Crippen molar-refractivity contribution in [2.45, 2.75) is 13.0 Å². The highest BCUT2D eigenvalue weighted by molar-refractivity contribution is 7.54. The Hall–Kier alpha value is -0.670. The first-order chi connectivity index (χ1) is 7.62. The van der Waals surface area contributed by atoms with Crippen LogP contribution in [0.3, 0.4) is 0 Å². The summed E-state index contributed by atoms with van der Waals surface area (Å²) < 4.78 is 18.2. The van der Waals surface area contributed by atoms with Crippen molar-refractivity contribution in [1.82, 2.24) is 4.67 Å². The largest absolute Gasteiger partial charge is 0.309 e. The Bertz CT molecular complexity index is 406. The number of benzene rings is 1. The molecule has 5 heteroatoms. The maximum Gasteiger partial charge on any atom is 0.295 e. The normalized spacial score (nSPS) is 29.6. The molecule has 1 aromatic carbocycles. The minimum atomic E-state index is -2.24. The van der Waals surface area contributed by atoms with Crippen molar-refractivity contribution >= 4 is 13.3 Å². The zero-order chi connectivity index (χ0) is 11.6. The molecule has 0 aromatic heterocycles. The molecule has 1 heterocycles. The summed E-state index contributed by atoms with van der Waals surface area (Å²) in [6.07, 6.45) is 0.114. The lowest BCUT2D eigenvalue weighted by Crippen LogP contribution is -2.09. The third-order valence-electron chi connectivity index (χ3n) is 2.30. The quantitative estimate of drug-likeness (QED) is 0.744. The van der Waals surface area contributed by atoms with Crippen molar-refractivity contribution in [1.29, 1.82) is 0 Å². The van der Waals surface area contributed by atoms with E-state index in [0.29, 0.717) is 6.61 Å². The Morgan fingerprint density at radius 3 is 2.50 bits per heavy atom. The van der Waals surface area contributed by atoms with E-state index in [1.54, 1.807) is 0 Å². The van der Waals surface area contributed by atoms with Gasteiger partial charge in [-0.25, -0.2) is 9.42 Å². The van der Waals surface area contributed by atoms with Gasteiger partial charge in [-0.3, -0.25) is 0 Å². The molecule has 0 radical (unpaired) electrons. The molecule has 1 aliphatic rings. The van der Waals surface area contributed by atoms with Crippen LogP contribution in [-0.4, -0.2) is 31.5 Å². The molecule has 1 fully saturated rings. The Balaban J connectivity index is 2.37. The molecule has 0 aliphatic carbocycles. The average molecular weight is 240 g/mol. The van der Waals surface area contributed by atoms with Crippen LogP contribution >= 0.6 is 7.66 Å². The Morgan fingerprint density at radius 2 is 2.00 bits per heavy atom. The van der Waals surface area contributed by atoms with Gasteiger partial charge in [0.1, 0.15) is 0 Å². The molecular formula is C11H17N2O2P. The van der Waals surface area contributed by atoms with Crippen LogP contribution in [0.5, 0.6) is 0 Å². The molecule has 1 aromatic rings. The molecule has 2 atom stereocenters. The van der Waals surface area contributed by atoms with Crippen LogP contribution in [0, 0.1) is 0 Å². The number of nitrogens with zero attached hydrogens (tertiary/aromatic N) is 2. The lowest BCUT2D eigenvalue weighted by Gasteiger charge is -2.23. The maximum absolute atomic E-state index is 5.86. The third kappa shape index (κ3) is 2.36. The van der Waals surface area contributed by atoms with Crippen molar-refractivity contribution in [2.75, 3.05) is 20.7 Å². The molecule has 2 rings (SSSR count). The summed E-state index contributed by atoms with van der Waals surface area (Å²) in [6, 6.07) is 9.82. The van der Waals surface area contributed by atoms with Crippen molar-refractivity contribution in [3.8, 4) is 0 Å². The van der Waals surface area contributed by atoms with E-state index < -0.39 is 7.66 Å². The van der Waals surface area contributed by atoms with Crippen LogP contribution in [0.1, 0.15) is 6.92 Å². The van der Waals surface area contributed by atoms with E-state index in [4.69, 9.17) is 9.05 Å². The Labute approximate surface area is 96.5 Å². The molecule has 0 bridgehead atoms. The molecule has 0 spiro atoms. The predicted molar refractivity (Wildman–Crippen MR) is 65.6 cm³/mol. The van der Waals surface area contributed by atoms with Crippen LogP contribution in [0.15, 0.2) is 35.1 Å². The topological polar surface area (TPSA) is 34.1 Å². The molecule has 4 nitrogen and oxygen atoms in total. The molecular weight excluding hydrogens is 223 g/mol. The zero-order valence-electron chi connectivity index (χ0n) is 9.83. The first-order valence-electron chi connectivity index (χ1n) is 5.30. The van der Waals surface area contributed by atoms with Gasteiger partial charge in [0.15, 0.2) is 0 Å². The van der Waals surface area contributed by atoms with Gasteiger partial charge in [-0.1, -0.05) is 18.2 Å². The van der Waals surface area contributed by atoms with Crippen molar-refractivity contribution in [2.24, 2.45) is 4.74 Å². The van der Waals surface area contributed by atoms with Gasteiger partial charge in [0, 0.05) is 0 Å². The molecule has 88 valence electrons. The summed E-state index contributed by atoms with van der Waals surface area (Å²) in [5.41, 5.74) is 0.902. The van der Waals surface area contributed by atoms with E-state index in [9.17, 15) is 0 Å². The average Bonchev–Trinajstić information content (AvgIpc) is 2.63. The van der Waals surface area contributed by atoms with Crippen LogP contribution in [-0.2, 0) is 9.05 Å². The minimum Gasteiger partial charge on any atom is -0.309 e. The van der Waals surface area contributed by atoms with E-state index in [1.807, 2.05) is 56.0 Å². The fourth-order valence-electron chi connectivity index (χ4n) is 1.49. The van der Waals surface area contributed by atoms with Crippen molar-refractivity contribution in [3.05, 3.63) is 30.3 Å². The van der Waals surface area contributed by atoms with Crippen molar-refractivity contribution in [3.63, 3.8) is 0 Å². The van der Waals surface area contributed by atoms with E-state index >= 15 is 0 Å². The van der Waals surface area contributed by atoms with Gasteiger partial charge in [-0.2, -0.15) is 0 Å². The van der Waals surface area contributed by atoms with E-state index in [2.05, 4.69) is 4.74 Å². The molecule has 0 unspecified atom stereocenters. The Morgan fingerprint density at radius 1 is 1.31 bits per heavy atom. The van der Waals surface area contributed by atoms with Gasteiger partial charge in [0.25, 0.3) is 7.66 Å². The first-order valence-corrected chi connectivity index (χ1v) is 6.83.